The molecule has 2 N–H and O–H groups in total. The summed E-state index contributed by atoms with van der Waals surface area (Å²) in [5, 5.41) is 23.6. The van der Waals surface area contributed by atoms with Crippen molar-refractivity contribution in [1.29, 1.82) is 0 Å². The molecular weight excluding hydrogens is 983 g/mol. The molecule has 2 bridgehead atoms. The molecule has 5 rings (SSSR count). The number of hydrogen-bond donors (Lipinski definition) is 2. The molecule has 3 unspecified atom stereocenters. The van der Waals surface area contributed by atoms with Gasteiger partial charge in [-0.1, -0.05) is 71.1 Å². The van der Waals surface area contributed by atoms with E-state index in [9.17, 15) is 39.0 Å². The Bertz CT molecular complexity index is 2120. The molecule has 18 heteroatoms. The molecule has 4 heterocycles. The first-order valence-electron chi connectivity index (χ1n) is 27.6. The lowest BCUT2D eigenvalue weighted by molar-refractivity contribution is -0.265. The van der Waals surface area contributed by atoms with Crippen LogP contribution < -0.4 is 0 Å². The molecule has 1 amide bonds. The number of allylic oxidation sites excluding steroid dienone is 6. The van der Waals surface area contributed by atoms with Crippen LogP contribution in [0.25, 0.3) is 0 Å². The van der Waals surface area contributed by atoms with Gasteiger partial charge in [-0.05, 0) is 121 Å². The second kappa shape index (κ2) is 28.7. The van der Waals surface area contributed by atoms with E-state index in [2.05, 4.69) is 0 Å². The van der Waals surface area contributed by atoms with Crippen molar-refractivity contribution in [2.24, 2.45) is 35.5 Å². The Morgan fingerprint density at radius 3 is 2.26 bits per heavy atom. The van der Waals surface area contributed by atoms with Crippen molar-refractivity contribution in [3.63, 3.8) is 0 Å². The number of methoxy groups -OCH3 is 3. The number of piperidine rings is 1. The van der Waals surface area contributed by atoms with Crippen molar-refractivity contribution in [2.45, 2.75) is 206 Å². The van der Waals surface area contributed by atoms with Gasteiger partial charge >= 0.3 is 12.1 Å². The molecule has 76 heavy (non-hydrogen) atoms. The van der Waals surface area contributed by atoms with Crippen LogP contribution in [-0.2, 0) is 66.6 Å². The maximum absolute atomic E-state index is 14.6. The summed E-state index contributed by atoms with van der Waals surface area (Å²) in [6.45, 7) is 16.4. The fraction of sp³-hybridized carbons (Fsp3) is 0.759. The molecule has 5 aliphatic rings. The molecule has 0 radical (unpaired) electrons. The SMILES string of the molecule is CO[C@H]1CC2CC[C@@H](C)[C@@](O)(O2)C(=O)C(=O)N2CCCCC2C(=O)O[C@H]([C@@H](C)C[C@@H]2CC[C@@H](OC(=O)OCC3COC(C)(C)O3)[C@H](OC)C2)CC(=O)[C@H](C)/C=C(\C)[C@@H](O)[C@@H](OC)C(=O)[C@H](C)C[C@H](C)/C=C/C=C/C=C/1C. The standard InChI is InChI=1S/C58H89NO17/c1-34-18-14-13-15-19-35(2)47(68-10)30-42-23-21-40(7)58(67,76-42)53(63)54(64)59-25-17-16-20-44(59)55(65)73-48(31-45(60)36(3)27-39(6)51(62)52(70-12)50(61)38(5)26-34)37(4)28-41-22-24-46(49(29-41)69-11)74-56(66)71-32-43-33-72-57(8,9)75-43/h13-15,18-19,27,34,36-38,40-44,46-49,51-52,62,67H,16-17,20-26,28-33H2,1-12H3/b15-13+,18-14+,35-19+,39-27+/t34-,36-,37+,38-,40-,41+,42?,43?,44?,46-,47+,48+,49-,51-,52+,58-/m1/s1. The maximum Gasteiger partial charge on any atom is 0.508 e. The van der Waals surface area contributed by atoms with Gasteiger partial charge in [0.05, 0.1) is 24.9 Å². The summed E-state index contributed by atoms with van der Waals surface area (Å²) in [5.74, 6) is -9.24. The molecule has 428 valence electrons. The van der Waals surface area contributed by atoms with Gasteiger partial charge in [-0.2, -0.15) is 0 Å². The number of hydrogen-bond acceptors (Lipinski definition) is 17. The average Bonchev–Trinajstić information content (AvgIpc) is 3.75. The van der Waals surface area contributed by atoms with Crippen molar-refractivity contribution in [1.82, 2.24) is 4.90 Å². The summed E-state index contributed by atoms with van der Waals surface area (Å²) in [6, 6.07) is -1.19. The number of fused-ring (bicyclic) bond motifs is 3. The largest absolute Gasteiger partial charge is 0.508 e. The minimum atomic E-state index is -2.46. The number of Topliss-reactive ketones (excluding diaryl/α,β-unsaturated/α-hetero) is 3. The van der Waals surface area contributed by atoms with E-state index in [1.165, 1.54) is 12.0 Å². The third-order valence-corrected chi connectivity index (χ3v) is 16.2. The van der Waals surface area contributed by atoms with Gasteiger partial charge in [-0.3, -0.25) is 19.2 Å². The van der Waals surface area contributed by atoms with Crippen LogP contribution in [0.4, 0.5) is 4.79 Å². The molecule has 1 saturated carbocycles. The molecule has 0 aromatic rings. The molecule has 18 nitrogen and oxygen atoms in total. The third-order valence-electron chi connectivity index (χ3n) is 16.2. The zero-order chi connectivity index (χ0) is 56.1. The van der Waals surface area contributed by atoms with E-state index in [1.807, 2.05) is 51.2 Å². The predicted molar refractivity (Wildman–Crippen MR) is 280 cm³/mol. The zero-order valence-corrected chi connectivity index (χ0v) is 47.2. The van der Waals surface area contributed by atoms with Crippen molar-refractivity contribution in [3.05, 3.63) is 47.6 Å². The minimum absolute atomic E-state index is 0.00206. The first kappa shape index (κ1) is 62.7. The fourth-order valence-corrected chi connectivity index (χ4v) is 11.4. The van der Waals surface area contributed by atoms with Gasteiger partial charge in [-0.25, -0.2) is 9.59 Å². The number of ketones is 3. The molecule has 0 spiro atoms. The average molecular weight is 1070 g/mol. The fourth-order valence-electron chi connectivity index (χ4n) is 11.4. The Morgan fingerprint density at radius 1 is 0.855 bits per heavy atom. The first-order chi connectivity index (χ1) is 35.9. The quantitative estimate of drug-likeness (QED) is 0.129. The van der Waals surface area contributed by atoms with E-state index in [4.69, 9.17) is 42.6 Å². The van der Waals surface area contributed by atoms with Gasteiger partial charge < -0.3 is 57.7 Å². The number of aliphatic hydroxyl groups is 2. The van der Waals surface area contributed by atoms with Gasteiger partial charge in [0, 0.05) is 58.5 Å². The number of nitrogens with zero attached hydrogens (tertiary/aromatic N) is 1. The molecule has 4 fully saturated rings. The van der Waals surface area contributed by atoms with Gasteiger partial charge in [0.1, 0.15) is 49.0 Å². The van der Waals surface area contributed by atoms with Crippen LogP contribution >= 0.6 is 0 Å². The summed E-state index contributed by atoms with van der Waals surface area (Å²) in [7, 11) is 4.48. The number of amides is 1. The summed E-state index contributed by atoms with van der Waals surface area (Å²) < 4.78 is 52.2. The van der Waals surface area contributed by atoms with E-state index < -0.39 is 114 Å². The van der Waals surface area contributed by atoms with Gasteiger partial charge in [0.25, 0.3) is 11.7 Å². The van der Waals surface area contributed by atoms with E-state index in [0.29, 0.717) is 69.8 Å². The lowest BCUT2D eigenvalue weighted by Gasteiger charge is -2.42. The molecular formula is C58H89NO17. The van der Waals surface area contributed by atoms with Crippen molar-refractivity contribution >= 4 is 35.4 Å². The summed E-state index contributed by atoms with van der Waals surface area (Å²) in [6.07, 6.45) is 8.92. The van der Waals surface area contributed by atoms with Crippen LogP contribution in [0.3, 0.4) is 0 Å². The highest BCUT2D eigenvalue weighted by molar-refractivity contribution is 6.39. The normalized spacial score (nSPS) is 38.9. The Labute approximate surface area is 450 Å². The molecule has 0 aromatic carbocycles. The van der Waals surface area contributed by atoms with E-state index >= 15 is 0 Å². The van der Waals surface area contributed by atoms with Crippen LogP contribution in [0.1, 0.15) is 139 Å². The highest BCUT2D eigenvalue weighted by Crippen LogP contribution is 2.38. The summed E-state index contributed by atoms with van der Waals surface area (Å²) in [4.78, 5) is 85.4. The monoisotopic (exact) mass is 1070 g/mol. The van der Waals surface area contributed by atoms with Crippen molar-refractivity contribution in [2.75, 3.05) is 41.1 Å². The number of rotatable bonds is 9. The predicted octanol–water partition coefficient (Wildman–Crippen LogP) is 7.49. The zero-order valence-electron chi connectivity index (χ0n) is 47.2. The third kappa shape index (κ3) is 16.9. The first-order valence-corrected chi connectivity index (χ1v) is 27.6. The van der Waals surface area contributed by atoms with E-state index in [0.717, 1.165) is 5.57 Å². The molecule has 4 aliphatic heterocycles. The second-order valence-corrected chi connectivity index (χ2v) is 22.7. The van der Waals surface area contributed by atoms with Crippen molar-refractivity contribution < 1.29 is 81.6 Å². The summed E-state index contributed by atoms with van der Waals surface area (Å²) in [5.41, 5.74) is 1.23. The van der Waals surface area contributed by atoms with Gasteiger partial charge in [0.2, 0.25) is 5.79 Å². The number of cyclic esters (lactones) is 1. The van der Waals surface area contributed by atoms with Crippen LogP contribution in [0.15, 0.2) is 47.6 Å². The Hall–Kier alpha value is -4.14. The maximum atomic E-state index is 14.6. The highest BCUT2D eigenvalue weighted by Gasteiger charge is 2.53. The van der Waals surface area contributed by atoms with E-state index in [-0.39, 0.29) is 56.0 Å². The number of esters is 1. The lowest BCUT2D eigenvalue weighted by atomic mass is 9.78. The van der Waals surface area contributed by atoms with Crippen LogP contribution in [-0.4, -0.2) is 158 Å². The molecule has 3 saturated heterocycles. The number of aliphatic hydroxyl groups excluding tert-OH is 1. The lowest BCUT2D eigenvalue weighted by Crippen LogP contribution is -2.61. The molecule has 0 aromatic heterocycles. The van der Waals surface area contributed by atoms with Crippen LogP contribution in [0.5, 0.6) is 0 Å². The number of ether oxygens (including phenoxy) is 9. The Balaban J connectivity index is 1.41. The minimum Gasteiger partial charge on any atom is -0.460 e. The second-order valence-electron chi connectivity index (χ2n) is 22.7. The Morgan fingerprint density at radius 2 is 1.59 bits per heavy atom. The van der Waals surface area contributed by atoms with Crippen LogP contribution in [0.2, 0.25) is 0 Å². The van der Waals surface area contributed by atoms with Crippen LogP contribution in [0, 0.1) is 35.5 Å². The number of carbonyl (C=O) groups is 6. The highest BCUT2D eigenvalue weighted by atomic mass is 16.8. The van der Waals surface area contributed by atoms with E-state index in [1.54, 1.807) is 61.8 Å². The summed E-state index contributed by atoms with van der Waals surface area (Å²) >= 11 is 0. The topological polar surface area (TPSA) is 229 Å². The van der Waals surface area contributed by atoms with Crippen molar-refractivity contribution in [3.8, 4) is 0 Å². The smallest absolute Gasteiger partial charge is 0.460 e. The Kier molecular flexibility index (Phi) is 23.6. The van der Waals surface area contributed by atoms with Gasteiger partial charge in [-0.15, -0.1) is 0 Å². The van der Waals surface area contributed by atoms with Gasteiger partial charge in [0.15, 0.2) is 11.6 Å². The number of carbonyl (C=O) groups excluding carboxylic acids is 6. The molecule has 16 atom stereocenters. The molecule has 1 aliphatic carbocycles.